The van der Waals surface area contributed by atoms with Gasteiger partial charge in [0.05, 0.1) is 19.8 Å². The SMILES string of the molecule is COC(=O)C1=C(OS(=O)(=O)C(F)(F)F)C(C)(C)CC1.COC(=O)C1CCC(C)(C)C1=O. The number of carbonyl (C=O) groups excluding carboxylic acids is 3. The summed E-state index contributed by atoms with van der Waals surface area (Å²) in [5.41, 5.74) is -7.04. The minimum absolute atomic E-state index is 0.0225. The zero-order chi connectivity index (χ0) is 24.4. The summed E-state index contributed by atoms with van der Waals surface area (Å²) < 4.78 is 72.0. The van der Waals surface area contributed by atoms with Crippen LogP contribution in [0.1, 0.15) is 53.4 Å². The van der Waals surface area contributed by atoms with Crippen molar-refractivity contribution in [2.75, 3.05) is 14.2 Å². The van der Waals surface area contributed by atoms with Crippen LogP contribution in [0.4, 0.5) is 13.2 Å². The van der Waals surface area contributed by atoms with Gasteiger partial charge in [0.15, 0.2) is 5.78 Å². The molecular formula is C19H27F3O8S. The summed E-state index contributed by atoms with van der Waals surface area (Å²) in [6.45, 7) is 6.73. The van der Waals surface area contributed by atoms with Crippen LogP contribution in [-0.2, 0) is 38.2 Å². The van der Waals surface area contributed by atoms with Gasteiger partial charge in [-0.2, -0.15) is 21.6 Å². The fourth-order valence-electron chi connectivity index (χ4n) is 3.31. The summed E-state index contributed by atoms with van der Waals surface area (Å²) >= 11 is 0. The van der Waals surface area contributed by atoms with Crippen molar-refractivity contribution in [2.45, 2.75) is 58.9 Å². The van der Waals surface area contributed by atoms with Crippen LogP contribution in [0, 0.1) is 16.7 Å². The molecule has 2 aliphatic rings. The zero-order valence-electron chi connectivity index (χ0n) is 18.2. The van der Waals surface area contributed by atoms with Crippen molar-refractivity contribution in [2.24, 2.45) is 16.7 Å². The van der Waals surface area contributed by atoms with E-state index in [9.17, 15) is 36.0 Å². The molecule has 0 N–H and O–H groups in total. The number of alkyl halides is 3. The van der Waals surface area contributed by atoms with E-state index in [1.54, 1.807) is 0 Å². The Morgan fingerprint density at radius 1 is 1.00 bits per heavy atom. The van der Waals surface area contributed by atoms with Crippen LogP contribution in [0.2, 0.25) is 0 Å². The first-order valence-electron chi connectivity index (χ1n) is 9.36. The molecule has 0 aromatic heterocycles. The third-order valence-electron chi connectivity index (χ3n) is 5.32. The second-order valence-electron chi connectivity index (χ2n) is 8.53. The monoisotopic (exact) mass is 472 g/mol. The predicted octanol–water partition coefficient (Wildman–Crippen LogP) is 3.26. The van der Waals surface area contributed by atoms with E-state index < -0.39 is 38.7 Å². The number of ketones is 1. The van der Waals surface area contributed by atoms with Gasteiger partial charge < -0.3 is 13.7 Å². The van der Waals surface area contributed by atoms with Gasteiger partial charge in [-0.15, -0.1) is 0 Å². The van der Waals surface area contributed by atoms with Gasteiger partial charge in [0, 0.05) is 10.8 Å². The van der Waals surface area contributed by atoms with Gasteiger partial charge >= 0.3 is 27.6 Å². The number of rotatable bonds is 4. The van der Waals surface area contributed by atoms with Crippen LogP contribution in [-0.4, -0.2) is 45.9 Å². The fourth-order valence-corrected chi connectivity index (χ4v) is 3.95. The molecule has 2 rings (SSSR count). The Kier molecular flexibility index (Phi) is 7.97. The fraction of sp³-hybridized carbons (Fsp3) is 0.737. The summed E-state index contributed by atoms with van der Waals surface area (Å²) in [6, 6.07) is 0. The average Bonchev–Trinajstić information content (AvgIpc) is 3.09. The molecule has 2 aliphatic carbocycles. The first-order valence-corrected chi connectivity index (χ1v) is 10.8. The second-order valence-corrected chi connectivity index (χ2v) is 10.1. The highest BCUT2D eigenvalue weighted by molar-refractivity contribution is 7.87. The molecule has 1 unspecified atom stereocenters. The number of carbonyl (C=O) groups is 3. The normalized spacial score (nSPS) is 22.5. The van der Waals surface area contributed by atoms with E-state index in [1.165, 1.54) is 21.0 Å². The third-order valence-corrected chi connectivity index (χ3v) is 6.28. The number of methoxy groups -OCH3 is 2. The maximum absolute atomic E-state index is 12.3. The molecule has 31 heavy (non-hydrogen) atoms. The molecule has 178 valence electrons. The molecule has 0 bridgehead atoms. The summed E-state index contributed by atoms with van der Waals surface area (Å²) in [4.78, 5) is 34.0. The number of esters is 2. The Balaban J connectivity index is 0.000000343. The Labute approximate surface area is 179 Å². The van der Waals surface area contributed by atoms with Crippen molar-refractivity contribution in [3.05, 3.63) is 11.3 Å². The van der Waals surface area contributed by atoms with Crippen LogP contribution >= 0.6 is 0 Å². The van der Waals surface area contributed by atoms with Gasteiger partial charge in [0.2, 0.25) is 0 Å². The number of hydrogen-bond donors (Lipinski definition) is 0. The highest BCUT2D eigenvalue weighted by atomic mass is 32.2. The van der Waals surface area contributed by atoms with E-state index >= 15 is 0 Å². The summed E-state index contributed by atoms with van der Waals surface area (Å²) in [7, 11) is -3.42. The number of allylic oxidation sites excluding steroid dienone is 1. The molecule has 12 heteroatoms. The second kappa shape index (κ2) is 9.17. The highest BCUT2D eigenvalue weighted by Gasteiger charge is 2.51. The number of hydrogen-bond acceptors (Lipinski definition) is 8. The van der Waals surface area contributed by atoms with Gasteiger partial charge in [-0.05, 0) is 25.7 Å². The molecule has 0 aromatic carbocycles. The van der Waals surface area contributed by atoms with Crippen molar-refractivity contribution in [3.63, 3.8) is 0 Å². The summed E-state index contributed by atoms with van der Waals surface area (Å²) in [6.07, 6.45) is 1.81. The smallest absolute Gasteiger partial charge is 0.468 e. The van der Waals surface area contributed by atoms with Gasteiger partial charge in [-0.3, -0.25) is 9.59 Å². The molecule has 1 saturated carbocycles. The molecule has 0 heterocycles. The molecule has 1 atom stereocenters. The van der Waals surface area contributed by atoms with Gasteiger partial charge in [-0.25, -0.2) is 4.79 Å². The van der Waals surface area contributed by atoms with Crippen LogP contribution in [0.15, 0.2) is 11.3 Å². The topological polar surface area (TPSA) is 113 Å². The van der Waals surface area contributed by atoms with Crippen molar-refractivity contribution in [1.29, 1.82) is 0 Å². The number of Topliss-reactive ketones (excluding diaryl/α,β-unsaturated/α-hetero) is 1. The van der Waals surface area contributed by atoms with Crippen molar-refractivity contribution >= 4 is 27.8 Å². The molecule has 8 nitrogen and oxygen atoms in total. The maximum Gasteiger partial charge on any atom is 0.534 e. The van der Waals surface area contributed by atoms with Gasteiger partial charge in [0.25, 0.3) is 0 Å². The lowest BCUT2D eigenvalue weighted by Gasteiger charge is -2.22. The molecule has 1 fully saturated rings. The zero-order valence-corrected chi connectivity index (χ0v) is 19.0. The molecule has 0 spiro atoms. The average molecular weight is 472 g/mol. The lowest BCUT2D eigenvalue weighted by atomic mass is 9.89. The first-order chi connectivity index (χ1) is 13.9. The molecule has 0 saturated heterocycles. The number of ether oxygens (including phenoxy) is 2. The summed E-state index contributed by atoms with van der Waals surface area (Å²) in [5, 5.41) is 0. The predicted molar refractivity (Wildman–Crippen MR) is 102 cm³/mol. The largest absolute Gasteiger partial charge is 0.534 e. The Bertz CT molecular complexity index is 869. The Morgan fingerprint density at radius 2 is 1.55 bits per heavy atom. The quantitative estimate of drug-likeness (QED) is 0.265. The number of halogens is 3. The van der Waals surface area contributed by atoms with Crippen molar-refractivity contribution in [1.82, 2.24) is 0 Å². The van der Waals surface area contributed by atoms with Crippen LogP contribution in [0.5, 0.6) is 0 Å². The van der Waals surface area contributed by atoms with Gasteiger partial charge in [0.1, 0.15) is 11.7 Å². The minimum atomic E-state index is -5.79. The van der Waals surface area contributed by atoms with E-state index in [1.807, 2.05) is 13.8 Å². The first kappa shape index (κ1) is 26.9. The molecule has 0 aromatic rings. The highest BCUT2D eigenvalue weighted by Crippen LogP contribution is 2.45. The van der Waals surface area contributed by atoms with Crippen LogP contribution in [0.3, 0.4) is 0 Å². The molecule has 0 amide bonds. The van der Waals surface area contributed by atoms with Crippen LogP contribution < -0.4 is 0 Å². The Hall–Kier alpha value is -2.11. The molecule has 0 radical (unpaired) electrons. The van der Waals surface area contributed by atoms with Crippen LogP contribution in [0.25, 0.3) is 0 Å². The van der Waals surface area contributed by atoms with E-state index in [0.717, 1.165) is 13.5 Å². The van der Waals surface area contributed by atoms with E-state index in [2.05, 4.69) is 13.7 Å². The molecule has 0 aliphatic heterocycles. The molecular weight excluding hydrogens is 445 g/mol. The van der Waals surface area contributed by atoms with E-state index in [0.29, 0.717) is 12.8 Å². The summed E-state index contributed by atoms with van der Waals surface area (Å²) in [5.74, 6) is -2.26. The van der Waals surface area contributed by atoms with E-state index in [4.69, 9.17) is 0 Å². The van der Waals surface area contributed by atoms with Gasteiger partial charge in [-0.1, -0.05) is 27.7 Å². The Morgan fingerprint density at radius 3 is 1.94 bits per heavy atom. The lowest BCUT2D eigenvalue weighted by Crippen LogP contribution is -2.28. The lowest BCUT2D eigenvalue weighted by molar-refractivity contribution is -0.149. The minimum Gasteiger partial charge on any atom is -0.468 e. The maximum atomic E-state index is 12.3. The van der Waals surface area contributed by atoms with E-state index in [-0.39, 0.29) is 29.2 Å². The van der Waals surface area contributed by atoms with Crippen molar-refractivity contribution < 1.29 is 49.6 Å². The standard InChI is InChI=1S/C10H13F3O5S.C9H14O3/c1-9(2)5-4-6(8(14)17-3)7(9)18-19(15,16)10(11,12)13;1-9(2)5-4-6(7(9)10)8(11)12-3/h4-5H2,1-3H3;6H,4-5H2,1-3H3. The third kappa shape index (κ3) is 5.98. The van der Waals surface area contributed by atoms with Crippen molar-refractivity contribution in [3.8, 4) is 0 Å².